The van der Waals surface area contributed by atoms with E-state index < -0.39 is 41.1 Å². The van der Waals surface area contributed by atoms with Gasteiger partial charge in [0.1, 0.15) is 30.0 Å². The van der Waals surface area contributed by atoms with E-state index in [1.54, 1.807) is 27.9 Å². The number of aromatic nitrogens is 3. The smallest absolute Gasteiger partial charge is 0.408 e. The van der Waals surface area contributed by atoms with E-state index in [4.69, 9.17) is 38.4 Å². The highest BCUT2D eigenvalue weighted by Crippen LogP contribution is 2.47. The van der Waals surface area contributed by atoms with Gasteiger partial charge in [-0.1, -0.05) is 13.8 Å². The Balaban J connectivity index is 1.32. The van der Waals surface area contributed by atoms with Gasteiger partial charge in [-0.25, -0.2) is 15.2 Å². The van der Waals surface area contributed by atoms with Crippen LogP contribution in [0.15, 0.2) is 29.8 Å². The summed E-state index contributed by atoms with van der Waals surface area (Å²) in [5.41, 5.74) is 8.90. The number of amides is 2. The number of nitrogens with zero attached hydrogens (tertiary/aromatic N) is 5. The standard InChI is InChI=1S/C48H65N7O10S/c1-27-24-63-28(2)23-54(27)32-19-34(41(49-22-32)29(3)60-10)42-35(21-48(8,9)26-64-30(4)56)33-17-31(18-39-43(33)53(42)15-16-62-39)38-25-66-40(50-38)20-37(51-46(59)65-47(5,6)7)44(57)55-14-12-13-36(52-55)45(58)61-11/h17-19,22,25,27-29,36-37,52H,12-16,20-21,23-24,26H2,1-11H3,(H,51,59)/t27-,28+,29+,36+,37+/m1/s1. The second-order valence-electron chi connectivity index (χ2n) is 19.3. The van der Waals surface area contributed by atoms with Crippen LogP contribution in [0.1, 0.15) is 97.5 Å². The normalized spacial score (nSPS) is 19.8. The average Bonchev–Trinajstić information content (AvgIpc) is 3.87. The third kappa shape index (κ3) is 10.9. The van der Waals surface area contributed by atoms with Gasteiger partial charge in [-0.15, -0.1) is 11.3 Å². The van der Waals surface area contributed by atoms with Crippen molar-refractivity contribution in [3.63, 3.8) is 0 Å². The number of carbonyl (C=O) groups is 4. The summed E-state index contributed by atoms with van der Waals surface area (Å²) in [5.74, 6) is -0.547. The second kappa shape index (κ2) is 19.9. The average molecular weight is 932 g/mol. The molecule has 5 atom stereocenters. The number of morpholine rings is 1. The van der Waals surface area contributed by atoms with E-state index in [0.717, 1.165) is 51.2 Å². The number of pyridine rings is 1. The number of nitrogens with one attached hydrogen (secondary N) is 2. The van der Waals surface area contributed by atoms with E-state index in [-0.39, 0.29) is 37.2 Å². The third-order valence-corrected chi connectivity index (χ3v) is 13.0. The molecule has 0 radical (unpaired) electrons. The molecule has 0 saturated carbocycles. The number of anilines is 1. The largest absolute Gasteiger partial charge is 0.489 e. The van der Waals surface area contributed by atoms with Crippen molar-refractivity contribution in [2.45, 2.75) is 130 Å². The van der Waals surface area contributed by atoms with Crippen molar-refractivity contribution in [3.8, 4) is 28.3 Å². The molecule has 2 N–H and O–H groups in total. The van der Waals surface area contributed by atoms with Crippen LogP contribution < -0.4 is 20.4 Å². The van der Waals surface area contributed by atoms with Gasteiger partial charge in [0.25, 0.3) is 5.91 Å². The first-order chi connectivity index (χ1) is 31.2. The second-order valence-corrected chi connectivity index (χ2v) is 20.3. The lowest BCUT2D eigenvalue weighted by molar-refractivity contribution is -0.150. The Kier molecular flexibility index (Phi) is 14.7. The van der Waals surface area contributed by atoms with Crippen molar-refractivity contribution in [2.75, 3.05) is 52.0 Å². The molecule has 66 heavy (non-hydrogen) atoms. The minimum Gasteiger partial charge on any atom is -0.489 e. The Morgan fingerprint density at radius 3 is 2.56 bits per heavy atom. The van der Waals surface area contributed by atoms with Crippen molar-refractivity contribution in [1.82, 2.24) is 30.3 Å². The molecule has 0 bridgehead atoms. The van der Waals surface area contributed by atoms with Gasteiger partial charge in [-0.2, -0.15) is 0 Å². The van der Waals surface area contributed by atoms with Crippen molar-refractivity contribution in [1.29, 1.82) is 0 Å². The van der Waals surface area contributed by atoms with E-state index in [1.165, 1.54) is 30.4 Å². The molecule has 3 aliphatic rings. The van der Waals surface area contributed by atoms with Gasteiger partial charge >= 0.3 is 18.0 Å². The lowest BCUT2D eigenvalue weighted by atomic mass is 9.84. The molecule has 0 aliphatic carbocycles. The van der Waals surface area contributed by atoms with Crippen LogP contribution in [0, 0.1) is 5.41 Å². The molecule has 0 unspecified atom stereocenters. The molecule has 2 amide bonds. The highest BCUT2D eigenvalue weighted by Gasteiger charge is 2.36. The third-order valence-electron chi connectivity index (χ3n) is 12.1. The molecule has 17 nitrogen and oxygen atoms in total. The van der Waals surface area contributed by atoms with Gasteiger partial charge < -0.3 is 43.2 Å². The summed E-state index contributed by atoms with van der Waals surface area (Å²) in [6.07, 6.45) is 2.60. The number of esters is 2. The zero-order valence-corrected chi connectivity index (χ0v) is 40.9. The van der Waals surface area contributed by atoms with Gasteiger partial charge in [-0.05, 0) is 84.6 Å². The Morgan fingerprint density at radius 2 is 1.85 bits per heavy atom. The van der Waals surface area contributed by atoms with E-state index in [0.29, 0.717) is 62.0 Å². The molecule has 3 aliphatic heterocycles. The van der Waals surface area contributed by atoms with Crippen molar-refractivity contribution in [2.24, 2.45) is 5.41 Å². The zero-order valence-electron chi connectivity index (χ0n) is 40.1. The zero-order chi connectivity index (χ0) is 47.7. The number of ether oxygens (including phenoxy) is 6. The fourth-order valence-electron chi connectivity index (χ4n) is 8.88. The summed E-state index contributed by atoms with van der Waals surface area (Å²) in [4.78, 5) is 64.4. The van der Waals surface area contributed by atoms with Crippen LogP contribution in [-0.2, 0) is 57.5 Å². The first kappa shape index (κ1) is 48.6. The van der Waals surface area contributed by atoms with Crippen LogP contribution in [0.4, 0.5) is 10.5 Å². The lowest BCUT2D eigenvalue weighted by Gasteiger charge is -2.38. The van der Waals surface area contributed by atoms with Gasteiger partial charge in [0.2, 0.25) is 0 Å². The number of rotatable bonds is 14. The number of benzene rings is 1. The number of hydrazine groups is 1. The van der Waals surface area contributed by atoms with E-state index in [2.05, 4.69) is 60.0 Å². The topological polar surface area (TPSA) is 185 Å². The fourth-order valence-corrected chi connectivity index (χ4v) is 9.73. The van der Waals surface area contributed by atoms with Crippen molar-refractivity contribution >= 4 is 51.9 Å². The van der Waals surface area contributed by atoms with Gasteiger partial charge in [0, 0.05) is 66.9 Å². The Bertz CT molecular complexity index is 2440. The monoisotopic (exact) mass is 931 g/mol. The van der Waals surface area contributed by atoms with Crippen LogP contribution in [0.2, 0.25) is 0 Å². The number of thiazole rings is 1. The van der Waals surface area contributed by atoms with Gasteiger partial charge in [0.05, 0.1) is 78.6 Å². The highest BCUT2D eigenvalue weighted by molar-refractivity contribution is 7.10. The molecular weight excluding hydrogens is 867 g/mol. The number of alkyl carbamates (subject to hydrolysis) is 1. The minimum absolute atomic E-state index is 0.0568. The minimum atomic E-state index is -1.06. The predicted octanol–water partition coefficient (Wildman–Crippen LogP) is 6.78. The number of hydrogen-bond donors (Lipinski definition) is 2. The summed E-state index contributed by atoms with van der Waals surface area (Å²) in [5, 5.41) is 7.65. The summed E-state index contributed by atoms with van der Waals surface area (Å²) in [6, 6.07) is 4.76. The number of methoxy groups -OCH3 is 2. The van der Waals surface area contributed by atoms with Gasteiger partial charge in [0.15, 0.2) is 0 Å². The Morgan fingerprint density at radius 1 is 1.08 bits per heavy atom. The molecular formula is C48H65N7O10S. The van der Waals surface area contributed by atoms with Crippen LogP contribution in [-0.4, -0.2) is 120 Å². The van der Waals surface area contributed by atoms with Gasteiger partial charge in [-0.3, -0.25) is 24.4 Å². The Hall–Kier alpha value is -5.30. The quantitative estimate of drug-likeness (QED) is 0.0997. The first-order valence-corrected chi connectivity index (χ1v) is 23.6. The summed E-state index contributed by atoms with van der Waals surface area (Å²) < 4.78 is 36.9. The molecule has 0 spiro atoms. The van der Waals surface area contributed by atoms with E-state index in [9.17, 15) is 19.2 Å². The molecule has 2 saturated heterocycles. The lowest BCUT2D eigenvalue weighted by Crippen LogP contribution is -2.60. The summed E-state index contributed by atoms with van der Waals surface area (Å²) in [7, 11) is 3.00. The molecule has 7 rings (SSSR count). The Labute approximate surface area is 390 Å². The molecule has 3 aromatic heterocycles. The highest BCUT2D eigenvalue weighted by atomic mass is 32.1. The SMILES string of the molecule is COC(=O)[C@@H]1CCCN(C(=O)[C@H](Cc2nc(-c3cc4c5c(c3)c(CC(C)(C)COC(C)=O)c(-c3cc(N6C[C@H](C)OC[C@H]6C)cnc3[C@H](C)OC)n5CCO4)cs2)NC(=O)OC(C)(C)C)N1. The molecule has 6 heterocycles. The number of hydrogen-bond acceptors (Lipinski definition) is 15. The predicted molar refractivity (Wildman–Crippen MR) is 250 cm³/mol. The molecule has 18 heteroatoms. The van der Waals surface area contributed by atoms with E-state index in [1.807, 2.05) is 24.6 Å². The maximum absolute atomic E-state index is 14.1. The van der Waals surface area contributed by atoms with Crippen LogP contribution in [0.5, 0.6) is 5.75 Å². The molecule has 358 valence electrons. The van der Waals surface area contributed by atoms with Crippen molar-refractivity contribution < 1.29 is 47.6 Å². The van der Waals surface area contributed by atoms with Crippen LogP contribution in [0.25, 0.3) is 33.4 Å². The summed E-state index contributed by atoms with van der Waals surface area (Å²) in [6.45, 7) is 20.0. The van der Waals surface area contributed by atoms with Crippen LogP contribution in [0.3, 0.4) is 0 Å². The fraction of sp³-hybridized carbons (Fsp3) is 0.583. The first-order valence-electron chi connectivity index (χ1n) is 22.7. The van der Waals surface area contributed by atoms with Crippen molar-refractivity contribution in [3.05, 3.63) is 46.0 Å². The molecule has 2 fully saturated rings. The molecule has 4 aromatic rings. The van der Waals surface area contributed by atoms with Crippen LogP contribution >= 0.6 is 11.3 Å². The maximum atomic E-state index is 14.1. The number of carbonyl (C=O) groups excluding carboxylic acids is 4. The summed E-state index contributed by atoms with van der Waals surface area (Å²) >= 11 is 1.37. The molecule has 1 aromatic carbocycles. The maximum Gasteiger partial charge on any atom is 0.408 e. The van der Waals surface area contributed by atoms with E-state index >= 15 is 0 Å².